The van der Waals surface area contributed by atoms with Crippen molar-refractivity contribution in [3.8, 4) is 0 Å². The standard InChI is InChI=1S/C15H11F2N3O/c16-11-3-2-10(7-12(11)17)19-15(21)14-6-8-5-9(18)1-4-13(8)20-14/h1-7,20H,18H2,(H,19,21). The highest BCUT2D eigenvalue weighted by Crippen LogP contribution is 2.20. The number of hydrogen-bond acceptors (Lipinski definition) is 2. The summed E-state index contributed by atoms with van der Waals surface area (Å²) >= 11 is 0. The van der Waals surface area contributed by atoms with Gasteiger partial charge < -0.3 is 16.0 Å². The van der Waals surface area contributed by atoms with E-state index in [2.05, 4.69) is 10.3 Å². The second-order valence-corrected chi connectivity index (χ2v) is 4.61. The maximum atomic E-state index is 13.1. The molecule has 3 rings (SSSR count). The van der Waals surface area contributed by atoms with Crippen molar-refractivity contribution in [3.05, 3.63) is 59.8 Å². The summed E-state index contributed by atoms with van der Waals surface area (Å²) in [6.45, 7) is 0. The Morgan fingerprint density at radius 1 is 1.05 bits per heavy atom. The zero-order chi connectivity index (χ0) is 15.0. The highest BCUT2D eigenvalue weighted by molar-refractivity contribution is 6.06. The lowest BCUT2D eigenvalue weighted by Crippen LogP contribution is -2.12. The Bertz CT molecular complexity index is 842. The Kier molecular flexibility index (Phi) is 3.06. The van der Waals surface area contributed by atoms with E-state index in [-0.39, 0.29) is 5.69 Å². The number of carbonyl (C=O) groups is 1. The number of hydrogen-bond donors (Lipinski definition) is 3. The zero-order valence-corrected chi connectivity index (χ0v) is 10.8. The minimum Gasteiger partial charge on any atom is -0.399 e. The first-order valence-electron chi connectivity index (χ1n) is 6.17. The molecule has 3 aromatic rings. The predicted molar refractivity (Wildman–Crippen MR) is 77.0 cm³/mol. The van der Waals surface area contributed by atoms with Crippen molar-refractivity contribution in [2.45, 2.75) is 0 Å². The van der Waals surface area contributed by atoms with Crippen LogP contribution in [0.25, 0.3) is 10.9 Å². The van der Waals surface area contributed by atoms with Gasteiger partial charge in [-0.2, -0.15) is 0 Å². The van der Waals surface area contributed by atoms with Gasteiger partial charge in [0.1, 0.15) is 5.69 Å². The molecule has 0 fully saturated rings. The summed E-state index contributed by atoms with van der Waals surface area (Å²) in [4.78, 5) is 15.0. The fraction of sp³-hybridized carbons (Fsp3) is 0. The molecular formula is C15H11F2N3O. The first-order chi connectivity index (χ1) is 10.0. The number of rotatable bonds is 2. The van der Waals surface area contributed by atoms with Crippen molar-refractivity contribution in [2.75, 3.05) is 11.1 Å². The molecule has 21 heavy (non-hydrogen) atoms. The molecule has 0 atom stereocenters. The van der Waals surface area contributed by atoms with Crippen LogP contribution in [0.15, 0.2) is 42.5 Å². The maximum absolute atomic E-state index is 13.1. The van der Waals surface area contributed by atoms with Crippen molar-refractivity contribution in [2.24, 2.45) is 0 Å². The van der Waals surface area contributed by atoms with Crippen LogP contribution in [0.1, 0.15) is 10.5 Å². The van der Waals surface area contributed by atoms with Gasteiger partial charge in [-0.05, 0) is 36.4 Å². The number of nitrogens with one attached hydrogen (secondary N) is 2. The number of H-pyrrole nitrogens is 1. The van der Waals surface area contributed by atoms with Gasteiger partial charge in [-0.15, -0.1) is 0 Å². The third kappa shape index (κ3) is 2.55. The number of anilines is 2. The van der Waals surface area contributed by atoms with Gasteiger partial charge in [-0.1, -0.05) is 0 Å². The van der Waals surface area contributed by atoms with Crippen LogP contribution >= 0.6 is 0 Å². The molecule has 4 nitrogen and oxygen atoms in total. The third-order valence-electron chi connectivity index (χ3n) is 3.07. The number of aromatic amines is 1. The van der Waals surface area contributed by atoms with Crippen LogP contribution in [0.3, 0.4) is 0 Å². The zero-order valence-electron chi connectivity index (χ0n) is 10.8. The van der Waals surface area contributed by atoms with E-state index in [4.69, 9.17) is 5.73 Å². The monoisotopic (exact) mass is 287 g/mol. The normalized spacial score (nSPS) is 10.8. The average Bonchev–Trinajstić information content (AvgIpc) is 2.86. The molecule has 0 radical (unpaired) electrons. The summed E-state index contributed by atoms with van der Waals surface area (Å²) in [6.07, 6.45) is 0. The van der Waals surface area contributed by atoms with E-state index in [1.54, 1.807) is 24.3 Å². The second kappa shape index (κ2) is 4.90. The Hall–Kier alpha value is -2.89. The molecule has 0 aliphatic carbocycles. The fourth-order valence-electron chi connectivity index (χ4n) is 2.05. The molecular weight excluding hydrogens is 276 g/mol. The second-order valence-electron chi connectivity index (χ2n) is 4.61. The van der Waals surface area contributed by atoms with Crippen LogP contribution in [0.2, 0.25) is 0 Å². The Labute approximate surface area is 118 Å². The van der Waals surface area contributed by atoms with Crippen molar-refractivity contribution in [3.63, 3.8) is 0 Å². The smallest absolute Gasteiger partial charge is 0.272 e. The van der Waals surface area contributed by atoms with Gasteiger partial charge in [0.2, 0.25) is 0 Å². The van der Waals surface area contributed by atoms with Gasteiger partial charge in [-0.3, -0.25) is 4.79 Å². The summed E-state index contributed by atoms with van der Waals surface area (Å²) in [6, 6.07) is 10.0. The van der Waals surface area contributed by atoms with Crippen LogP contribution in [-0.2, 0) is 0 Å². The number of benzene rings is 2. The number of nitrogen functional groups attached to an aromatic ring is 1. The molecule has 0 unspecified atom stereocenters. The Morgan fingerprint density at radius 2 is 1.86 bits per heavy atom. The Morgan fingerprint density at radius 3 is 2.62 bits per heavy atom. The minimum atomic E-state index is -1.02. The Balaban J connectivity index is 1.87. The van der Waals surface area contributed by atoms with E-state index in [1.807, 2.05) is 0 Å². The molecule has 0 saturated carbocycles. The van der Waals surface area contributed by atoms with Crippen LogP contribution in [0.4, 0.5) is 20.2 Å². The van der Waals surface area contributed by atoms with Gasteiger partial charge in [-0.25, -0.2) is 8.78 Å². The van der Waals surface area contributed by atoms with E-state index in [1.165, 1.54) is 6.07 Å². The highest BCUT2D eigenvalue weighted by Gasteiger charge is 2.11. The molecule has 2 aromatic carbocycles. The molecule has 0 aliphatic heterocycles. The molecule has 106 valence electrons. The number of carbonyl (C=O) groups excluding carboxylic acids is 1. The van der Waals surface area contributed by atoms with Crippen LogP contribution in [0.5, 0.6) is 0 Å². The highest BCUT2D eigenvalue weighted by atomic mass is 19.2. The molecule has 0 spiro atoms. The van der Waals surface area contributed by atoms with E-state index < -0.39 is 17.5 Å². The number of fused-ring (bicyclic) bond motifs is 1. The number of amides is 1. The quantitative estimate of drug-likeness (QED) is 0.633. The summed E-state index contributed by atoms with van der Waals surface area (Å²) in [7, 11) is 0. The van der Waals surface area contributed by atoms with Crippen LogP contribution in [-0.4, -0.2) is 10.9 Å². The molecule has 1 amide bonds. The van der Waals surface area contributed by atoms with Crippen LogP contribution < -0.4 is 11.1 Å². The third-order valence-corrected chi connectivity index (χ3v) is 3.07. The number of nitrogens with two attached hydrogens (primary N) is 1. The largest absolute Gasteiger partial charge is 0.399 e. The van der Waals surface area contributed by atoms with Crippen molar-refractivity contribution in [1.29, 1.82) is 0 Å². The van der Waals surface area contributed by atoms with Gasteiger partial charge >= 0.3 is 0 Å². The van der Waals surface area contributed by atoms with Crippen molar-refractivity contribution >= 4 is 28.2 Å². The summed E-state index contributed by atoms with van der Waals surface area (Å²) < 4.78 is 25.9. The maximum Gasteiger partial charge on any atom is 0.272 e. The topological polar surface area (TPSA) is 70.9 Å². The molecule has 1 aromatic heterocycles. The molecule has 1 heterocycles. The van der Waals surface area contributed by atoms with Gasteiger partial charge in [0.25, 0.3) is 5.91 Å². The van der Waals surface area contributed by atoms with Crippen molar-refractivity contribution < 1.29 is 13.6 Å². The summed E-state index contributed by atoms with van der Waals surface area (Å²) in [5.74, 6) is -2.43. The number of halogens is 2. The minimum absolute atomic E-state index is 0.178. The van der Waals surface area contributed by atoms with Gasteiger partial charge in [0.15, 0.2) is 11.6 Å². The van der Waals surface area contributed by atoms with Crippen LogP contribution in [0, 0.1) is 11.6 Å². The lowest BCUT2D eigenvalue weighted by atomic mass is 10.2. The van der Waals surface area contributed by atoms with E-state index in [0.717, 1.165) is 23.0 Å². The molecule has 0 bridgehead atoms. The predicted octanol–water partition coefficient (Wildman–Crippen LogP) is 3.28. The van der Waals surface area contributed by atoms with Gasteiger partial charge in [0, 0.05) is 28.3 Å². The van der Waals surface area contributed by atoms with Crippen molar-refractivity contribution in [1.82, 2.24) is 4.98 Å². The molecule has 0 saturated heterocycles. The lowest BCUT2D eigenvalue weighted by molar-refractivity contribution is 0.102. The van der Waals surface area contributed by atoms with E-state index in [9.17, 15) is 13.6 Å². The molecule has 4 N–H and O–H groups in total. The SMILES string of the molecule is Nc1ccc2[nH]c(C(=O)Nc3ccc(F)c(F)c3)cc2c1. The molecule has 6 heteroatoms. The fourth-order valence-corrected chi connectivity index (χ4v) is 2.05. The first kappa shape index (κ1) is 13.1. The average molecular weight is 287 g/mol. The van der Waals surface area contributed by atoms with E-state index in [0.29, 0.717) is 11.4 Å². The summed E-state index contributed by atoms with van der Waals surface area (Å²) in [5.41, 5.74) is 7.51. The first-order valence-corrected chi connectivity index (χ1v) is 6.17. The van der Waals surface area contributed by atoms with Gasteiger partial charge in [0.05, 0.1) is 0 Å². The van der Waals surface area contributed by atoms with E-state index >= 15 is 0 Å². The lowest BCUT2D eigenvalue weighted by Gasteiger charge is -2.03. The summed E-state index contributed by atoms with van der Waals surface area (Å²) in [5, 5.41) is 3.29. The number of aromatic nitrogens is 1. The molecule has 0 aliphatic rings.